The Kier molecular flexibility index (Phi) is 3.72. The summed E-state index contributed by atoms with van der Waals surface area (Å²) in [4.78, 5) is 0. The Morgan fingerprint density at radius 2 is 2.00 bits per heavy atom. The summed E-state index contributed by atoms with van der Waals surface area (Å²) in [5.41, 5.74) is 3.88. The van der Waals surface area contributed by atoms with Crippen LogP contribution in [-0.4, -0.2) is 18.8 Å². The van der Waals surface area contributed by atoms with Gasteiger partial charge >= 0.3 is 0 Å². The van der Waals surface area contributed by atoms with Crippen LogP contribution in [0.4, 0.5) is 0 Å². The Labute approximate surface area is 104 Å². The van der Waals surface area contributed by atoms with Crippen molar-refractivity contribution >= 4 is 0 Å². The van der Waals surface area contributed by atoms with Gasteiger partial charge in [0, 0.05) is 0 Å². The molecular weight excluding hydrogens is 212 g/mol. The summed E-state index contributed by atoms with van der Waals surface area (Å²) in [6.45, 7) is 9.16. The predicted octanol–water partition coefficient (Wildman–Crippen LogP) is 3.42. The molecule has 1 saturated heterocycles. The van der Waals surface area contributed by atoms with Crippen molar-refractivity contribution in [2.45, 2.75) is 52.7 Å². The highest BCUT2D eigenvalue weighted by atomic mass is 16.6. The monoisotopic (exact) mass is 234 g/mol. The van der Waals surface area contributed by atoms with Crippen LogP contribution in [0, 0.1) is 13.8 Å². The Balaban J connectivity index is 2.11. The van der Waals surface area contributed by atoms with Crippen LogP contribution >= 0.6 is 0 Å². The van der Waals surface area contributed by atoms with E-state index >= 15 is 0 Å². The molecule has 2 nitrogen and oxygen atoms in total. The molecule has 0 amide bonds. The Hall–Kier alpha value is -1.02. The zero-order chi connectivity index (χ0) is 12.4. The van der Waals surface area contributed by atoms with Gasteiger partial charge < -0.3 is 9.47 Å². The lowest BCUT2D eigenvalue weighted by Gasteiger charge is -2.14. The maximum atomic E-state index is 5.76. The predicted molar refractivity (Wildman–Crippen MR) is 69.7 cm³/mol. The molecule has 0 bridgehead atoms. The molecule has 1 aromatic carbocycles. The number of ether oxygens (including phenoxy) is 2. The van der Waals surface area contributed by atoms with Gasteiger partial charge in [0.2, 0.25) is 0 Å². The van der Waals surface area contributed by atoms with Crippen molar-refractivity contribution in [3.63, 3.8) is 0 Å². The van der Waals surface area contributed by atoms with Crippen molar-refractivity contribution in [1.29, 1.82) is 0 Å². The van der Waals surface area contributed by atoms with Gasteiger partial charge in [-0.1, -0.05) is 17.7 Å². The molecule has 0 radical (unpaired) electrons. The van der Waals surface area contributed by atoms with Crippen molar-refractivity contribution in [3.8, 4) is 5.75 Å². The maximum absolute atomic E-state index is 5.76. The molecule has 1 fully saturated rings. The quantitative estimate of drug-likeness (QED) is 0.728. The van der Waals surface area contributed by atoms with E-state index < -0.39 is 0 Å². The minimum atomic E-state index is 0.455. The molecule has 1 aromatic rings. The minimum absolute atomic E-state index is 0.455. The fourth-order valence-electron chi connectivity index (χ4n) is 2.41. The second-order valence-electron chi connectivity index (χ2n) is 4.92. The van der Waals surface area contributed by atoms with Gasteiger partial charge in [-0.3, -0.25) is 0 Å². The van der Waals surface area contributed by atoms with Gasteiger partial charge in [0.1, 0.15) is 5.75 Å². The maximum Gasteiger partial charge on any atom is 0.125 e. The topological polar surface area (TPSA) is 21.8 Å². The summed E-state index contributed by atoms with van der Waals surface area (Å²) >= 11 is 0. The first-order valence-corrected chi connectivity index (χ1v) is 6.50. The second kappa shape index (κ2) is 5.09. The molecule has 0 aliphatic carbocycles. The fourth-order valence-corrected chi connectivity index (χ4v) is 2.41. The molecular formula is C15H22O2. The van der Waals surface area contributed by atoms with Gasteiger partial charge in [-0.15, -0.1) is 0 Å². The summed E-state index contributed by atoms with van der Waals surface area (Å²) < 4.78 is 11.2. The van der Waals surface area contributed by atoms with E-state index in [9.17, 15) is 0 Å². The SMILES string of the molecule is CCOc1c(C)cc(C)cc1CCC1OC1C. The van der Waals surface area contributed by atoms with Crippen molar-refractivity contribution in [2.24, 2.45) is 0 Å². The molecule has 0 saturated carbocycles. The molecule has 0 aromatic heterocycles. The van der Waals surface area contributed by atoms with E-state index in [0.717, 1.165) is 25.2 Å². The third-order valence-corrected chi connectivity index (χ3v) is 3.32. The molecule has 2 unspecified atom stereocenters. The average molecular weight is 234 g/mol. The van der Waals surface area contributed by atoms with Crippen LogP contribution in [0.2, 0.25) is 0 Å². The van der Waals surface area contributed by atoms with Crippen LogP contribution in [-0.2, 0) is 11.2 Å². The summed E-state index contributed by atoms with van der Waals surface area (Å²) in [5, 5.41) is 0. The standard InChI is InChI=1S/C15H22O2/c1-5-16-15-11(3)8-10(2)9-13(15)6-7-14-12(4)17-14/h8-9,12,14H,5-7H2,1-4H3. The zero-order valence-electron chi connectivity index (χ0n) is 11.2. The van der Waals surface area contributed by atoms with Crippen molar-refractivity contribution in [3.05, 3.63) is 28.8 Å². The fraction of sp³-hybridized carbons (Fsp3) is 0.600. The Morgan fingerprint density at radius 3 is 2.59 bits per heavy atom. The smallest absolute Gasteiger partial charge is 0.125 e. The van der Waals surface area contributed by atoms with Crippen LogP contribution in [0.3, 0.4) is 0 Å². The number of epoxide rings is 1. The molecule has 0 N–H and O–H groups in total. The molecule has 2 rings (SSSR count). The van der Waals surface area contributed by atoms with Crippen LogP contribution in [0.15, 0.2) is 12.1 Å². The van der Waals surface area contributed by atoms with Crippen molar-refractivity contribution in [1.82, 2.24) is 0 Å². The number of hydrogen-bond acceptors (Lipinski definition) is 2. The number of hydrogen-bond donors (Lipinski definition) is 0. The van der Waals surface area contributed by atoms with E-state index in [0.29, 0.717) is 12.2 Å². The molecule has 2 heteroatoms. The van der Waals surface area contributed by atoms with Crippen molar-refractivity contribution in [2.75, 3.05) is 6.61 Å². The van der Waals surface area contributed by atoms with Crippen molar-refractivity contribution < 1.29 is 9.47 Å². The van der Waals surface area contributed by atoms with E-state index in [4.69, 9.17) is 9.47 Å². The third kappa shape index (κ3) is 3.01. The van der Waals surface area contributed by atoms with Gasteiger partial charge in [0.05, 0.1) is 18.8 Å². The number of benzene rings is 1. The molecule has 1 aliphatic rings. The summed E-state index contributed by atoms with van der Waals surface area (Å²) in [6, 6.07) is 4.43. The highest BCUT2D eigenvalue weighted by molar-refractivity contribution is 5.44. The Bertz CT molecular complexity index is 398. The highest BCUT2D eigenvalue weighted by Gasteiger charge is 2.33. The summed E-state index contributed by atoms with van der Waals surface area (Å²) in [7, 11) is 0. The van der Waals surface area contributed by atoms with Gasteiger partial charge in [0.25, 0.3) is 0 Å². The van der Waals surface area contributed by atoms with Crippen LogP contribution in [0.25, 0.3) is 0 Å². The van der Waals surface area contributed by atoms with Crippen LogP contribution in [0.1, 0.15) is 37.0 Å². The first-order chi connectivity index (χ1) is 8.11. The lowest BCUT2D eigenvalue weighted by Crippen LogP contribution is -2.02. The molecule has 2 atom stereocenters. The van der Waals surface area contributed by atoms with E-state index in [-0.39, 0.29) is 0 Å². The third-order valence-electron chi connectivity index (χ3n) is 3.32. The Morgan fingerprint density at radius 1 is 1.29 bits per heavy atom. The highest BCUT2D eigenvalue weighted by Crippen LogP contribution is 2.31. The van der Waals surface area contributed by atoms with Gasteiger partial charge in [-0.05, 0) is 51.7 Å². The van der Waals surface area contributed by atoms with Crippen LogP contribution in [0.5, 0.6) is 5.75 Å². The molecule has 1 heterocycles. The molecule has 0 spiro atoms. The van der Waals surface area contributed by atoms with E-state index in [2.05, 4.69) is 32.9 Å². The minimum Gasteiger partial charge on any atom is -0.493 e. The molecule has 94 valence electrons. The second-order valence-corrected chi connectivity index (χ2v) is 4.92. The summed E-state index contributed by atoms with van der Waals surface area (Å²) in [5.74, 6) is 1.08. The van der Waals surface area contributed by atoms with Crippen LogP contribution < -0.4 is 4.74 Å². The van der Waals surface area contributed by atoms with Gasteiger partial charge in [-0.2, -0.15) is 0 Å². The van der Waals surface area contributed by atoms with E-state index in [1.807, 2.05) is 6.92 Å². The lowest BCUT2D eigenvalue weighted by molar-refractivity contribution is 0.332. The van der Waals surface area contributed by atoms with E-state index in [1.165, 1.54) is 16.7 Å². The van der Waals surface area contributed by atoms with Gasteiger partial charge in [-0.25, -0.2) is 0 Å². The number of rotatable bonds is 5. The molecule has 17 heavy (non-hydrogen) atoms. The lowest BCUT2D eigenvalue weighted by atomic mass is 10.0. The largest absolute Gasteiger partial charge is 0.493 e. The number of aryl methyl sites for hydroxylation is 3. The molecule has 1 aliphatic heterocycles. The normalized spacial score (nSPS) is 22.6. The first kappa shape index (κ1) is 12.4. The van der Waals surface area contributed by atoms with E-state index in [1.54, 1.807) is 0 Å². The zero-order valence-corrected chi connectivity index (χ0v) is 11.2. The first-order valence-electron chi connectivity index (χ1n) is 6.50. The van der Waals surface area contributed by atoms with Gasteiger partial charge in [0.15, 0.2) is 0 Å². The average Bonchev–Trinajstić information content (AvgIpc) is 2.96. The summed E-state index contributed by atoms with van der Waals surface area (Å²) in [6.07, 6.45) is 3.07.